The molecule has 3 heterocycles. The molecule has 9 heteroatoms. The standard InChI is InChI=1S/C24H28F2N6O/c1-14(2)32-9-10-33-23-18(26)11-17(12-20(23)32)22(15(3)25)31-24(27-4)30-21-6-5-16-13-28-8-7-19(16)29-21/h5-6,11-12,14,28H,3,7-10,13H2,1-2,4H3,(H,27,29,30). The van der Waals surface area contributed by atoms with Crippen LogP contribution in [0.25, 0.3) is 0 Å². The lowest BCUT2D eigenvalue weighted by Crippen LogP contribution is -2.38. The number of rotatable bonds is 4. The van der Waals surface area contributed by atoms with E-state index < -0.39 is 11.6 Å². The second kappa shape index (κ2) is 9.66. The number of fused-ring (bicyclic) bond motifs is 2. The second-order valence-electron chi connectivity index (χ2n) is 8.21. The quantitative estimate of drug-likeness (QED) is 0.542. The third-order valence-corrected chi connectivity index (χ3v) is 5.66. The summed E-state index contributed by atoms with van der Waals surface area (Å²) in [6.45, 7) is 10.1. The fraction of sp³-hybridized carbons (Fsp3) is 0.375. The summed E-state index contributed by atoms with van der Waals surface area (Å²) >= 11 is 0. The molecule has 1 aromatic heterocycles. The zero-order chi connectivity index (χ0) is 23.5. The maximum atomic E-state index is 14.9. The lowest BCUT2D eigenvalue weighted by Gasteiger charge is -2.34. The molecule has 2 N–H and O–H groups in total. The molecule has 7 nitrogen and oxygen atoms in total. The van der Waals surface area contributed by atoms with Gasteiger partial charge in [0.1, 0.15) is 24.0 Å². The number of ether oxygens (including phenoxy) is 1. The summed E-state index contributed by atoms with van der Waals surface area (Å²) < 4.78 is 35.0. The third-order valence-electron chi connectivity index (χ3n) is 5.66. The summed E-state index contributed by atoms with van der Waals surface area (Å²) in [6.07, 6.45) is 0.822. The van der Waals surface area contributed by atoms with Crippen LogP contribution in [0, 0.1) is 5.82 Å². The Balaban J connectivity index is 1.68. The largest absolute Gasteiger partial charge is 0.486 e. The summed E-state index contributed by atoms with van der Waals surface area (Å²) in [7, 11) is 1.54. The van der Waals surface area contributed by atoms with Gasteiger partial charge in [-0.25, -0.2) is 18.8 Å². The number of benzene rings is 1. The van der Waals surface area contributed by atoms with Gasteiger partial charge in [0.05, 0.1) is 12.2 Å². The van der Waals surface area contributed by atoms with Gasteiger partial charge in [0.25, 0.3) is 0 Å². The number of pyridine rings is 1. The zero-order valence-corrected chi connectivity index (χ0v) is 19.1. The van der Waals surface area contributed by atoms with Crippen LogP contribution in [0.4, 0.5) is 20.3 Å². The number of aliphatic imine (C=N–C) groups is 2. The van der Waals surface area contributed by atoms with Crippen molar-refractivity contribution in [3.05, 3.63) is 59.3 Å². The Kier molecular flexibility index (Phi) is 6.69. The van der Waals surface area contributed by atoms with Crippen molar-refractivity contribution in [1.82, 2.24) is 10.3 Å². The van der Waals surface area contributed by atoms with Gasteiger partial charge in [-0.05, 0) is 37.6 Å². The van der Waals surface area contributed by atoms with Crippen molar-refractivity contribution in [1.29, 1.82) is 0 Å². The van der Waals surface area contributed by atoms with E-state index in [9.17, 15) is 8.78 Å². The summed E-state index contributed by atoms with van der Waals surface area (Å²) in [6, 6.07) is 6.83. The smallest absolute Gasteiger partial charge is 0.224 e. The average molecular weight is 455 g/mol. The van der Waals surface area contributed by atoms with Gasteiger partial charge < -0.3 is 20.3 Å². The number of halogens is 2. The third kappa shape index (κ3) is 4.88. The molecule has 2 aromatic rings. The van der Waals surface area contributed by atoms with Crippen LogP contribution in [-0.4, -0.2) is 49.4 Å². The first-order valence-electron chi connectivity index (χ1n) is 11.0. The summed E-state index contributed by atoms with van der Waals surface area (Å²) in [5.74, 6) is -0.512. The number of hydrogen-bond donors (Lipinski definition) is 2. The summed E-state index contributed by atoms with van der Waals surface area (Å²) in [5, 5.41) is 6.34. The molecule has 33 heavy (non-hydrogen) atoms. The topological polar surface area (TPSA) is 74.1 Å². The summed E-state index contributed by atoms with van der Waals surface area (Å²) in [5.41, 5.74) is 2.85. The summed E-state index contributed by atoms with van der Waals surface area (Å²) in [4.78, 5) is 15.1. The van der Waals surface area contributed by atoms with Crippen LogP contribution in [0.1, 0.15) is 30.7 Å². The molecule has 0 aliphatic carbocycles. The number of allylic oxidation sites excluding steroid dienone is 1. The predicted molar refractivity (Wildman–Crippen MR) is 128 cm³/mol. The van der Waals surface area contributed by atoms with Crippen molar-refractivity contribution < 1.29 is 13.5 Å². The van der Waals surface area contributed by atoms with E-state index in [0.717, 1.165) is 30.8 Å². The second-order valence-corrected chi connectivity index (χ2v) is 8.21. The van der Waals surface area contributed by atoms with Gasteiger partial charge in [-0.15, -0.1) is 0 Å². The fourth-order valence-electron chi connectivity index (χ4n) is 4.02. The molecular weight excluding hydrogens is 426 g/mol. The molecule has 0 saturated heterocycles. The van der Waals surface area contributed by atoms with Crippen molar-refractivity contribution in [3.8, 4) is 5.75 Å². The number of guanidine groups is 1. The zero-order valence-electron chi connectivity index (χ0n) is 19.1. The minimum Gasteiger partial charge on any atom is -0.486 e. The molecule has 0 fully saturated rings. The van der Waals surface area contributed by atoms with Crippen LogP contribution in [0.2, 0.25) is 0 Å². The molecule has 0 atom stereocenters. The van der Waals surface area contributed by atoms with Crippen molar-refractivity contribution in [2.24, 2.45) is 9.98 Å². The van der Waals surface area contributed by atoms with E-state index in [1.165, 1.54) is 13.1 Å². The van der Waals surface area contributed by atoms with Gasteiger partial charge in [0.15, 0.2) is 11.6 Å². The maximum Gasteiger partial charge on any atom is 0.224 e. The van der Waals surface area contributed by atoms with E-state index in [2.05, 4.69) is 32.2 Å². The monoisotopic (exact) mass is 454 g/mol. The fourth-order valence-corrected chi connectivity index (χ4v) is 4.02. The first-order valence-corrected chi connectivity index (χ1v) is 11.0. The molecule has 0 radical (unpaired) electrons. The number of nitrogens with one attached hydrogen (secondary N) is 2. The molecule has 1 aromatic carbocycles. The molecule has 174 valence electrons. The Morgan fingerprint density at radius 3 is 2.88 bits per heavy atom. The molecule has 4 rings (SSSR count). The predicted octanol–water partition coefficient (Wildman–Crippen LogP) is 3.84. The Labute approximate surface area is 192 Å². The van der Waals surface area contributed by atoms with Gasteiger partial charge in [0.2, 0.25) is 5.96 Å². The Bertz CT molecular complexity index is 1130. The molecule has 0 bridgehead atoms. The van der Waals surface area contributed by atoms with Crippen LogP contribution < -0.4 is 20.3 Å². The highest BCUT2D eigenvalue weighted by Crippen LogP contribution is 2.37. The van der Waals surface area contributed by atoms with Crippen LogP contribution in [0.15, 0.2) is 46.7 Å². The molecular formula is C24H28F2N6O. The van der Waals surface area contributed by atoms with Gasteiger partial charge in [-0.1, -0.05) is 12.6 Å². The van der Waals surface area contributed by atoms with E-state index in [0.29, 0.717) is 24.7 Å². The molecule has 0 saturated carbocycles. The number of hydrogen-bond acceptors (Lipinski definition) is 5. The van der Waals surface area contributed by atoms with Crippen molar-refractivity contribution in [2.45, 2.75) is 32.9 Å². The average Bonchev–Trinajstić information content (AvgIpc) is 2.80. The Morgan fingerprint density at radius 1 is 1.33 bits per heavy atom. The Morgan fingerprint density at radius 2 is 2.15 bits per heavy atom. The maximum absolute atomic E-state index is 14.9. The van der Waals surface area contributed by atoms with Crippen molar-refractivity contribution in [2.75, 3.05) is 37.0 Å². The van der Waals surface area contributed by atoms with E-state index in [4.69, 9.17) is 4.74 Å². The van der Waals surface area contributed by atoms with E-state index in [-0.39, 0.29) is 29.0 Å². The lowest BCUT2D eigenvalue weighted by atomic mass is 10.1. The molecule has 0 spiro atoms. The van der Waals surface area contributed by atoms with Gasteiger partial charge in [0, 0.05) is 43.9 Å². The molecule has 2 aliphatic rings. The van der Waals surface area contributed by atoms with Crippen LogP contribution in [0.3, 0.4) is 0 Å². The minimum atomic E-state index is -0.797. The molecule has 0 unspecified atom stereocenters. The van der Waals surface area contributed by atoms with E-state index >= 15 is 0 Å². The highest BCUT2D eigenvalue weighted by Gasteiger charge is 2.26. The van der Waals surface area contributed by atoms with Crippen LogP contribution in [0.5, 0.6) is 5.75 Å². The number of aromatic nitrogens is 1. The van der Waals surface area contributed by atoms with Gasteiger partial charge >= 0.3 is 0 Å². The van der Waals surface area contributed by atoms with Crippen molar-refractivity contribution >= 4 is 23.2 Å². The van der Waals surface area contributed by atoms with Gasteiger partial charge in [-0.3, -0.25) is 4.99 Å². The first-order chi connectivity index (χ1) is 15.9. The van der Waals surface area contributed by atoms with Crippen LogP contribution >= 0.6 is 0 Å². The number of anilines is 2. The SMILES string of the molecule is C=C(F)C(=NC(=NC)Nc1ccc2c(n1)CCNC2)c1cc(F)c2c(c1)N(C(C)C)CCO2. The lowest BCUT2D eigenvalue weighted by molar-refractivity contribution is 0.287. The molecule has 0 amide bonds. The Hall–Kier alpha value is -3.33. The normalized spacial score (nSPS) is 16.2. The van der Waals surface area contributed by atoms with Gasteiger partial charge in [-0.2, -0.15) is 0 Å². The van der Waals surface area contributed by atoms with Crippen molar-refractivity contribution in [3.63, 3.8) is 0 Å². The molecule has 2 aliphatic heterocycles. The van der Waals surface area contributed by atoms with Crippen LogP contribution in [-0.2, 0) is 13.0 Å². The first kappa shape index (κ1) is 22.8. The number of nitrogens with zero attached hydrogens (tertiary/aromatic N) is 4. The highest BCUT2D eigenvalue weighted by molar-refractivity contribution is 6.17. The minimum absolute atomic E-state index is 0.110. The highest BCUT2D eigenvalue weighted by atomic mass is 19.1. The van der Waals surface area contributed by atoms with E-state index in [1.807, 2.05) is 30.9 Å². The van der Waals surface area contributed by atoms with E-state index in [1.54, 1.807) is 6.07 Å².